The van der Waals surface area contributed by atoms with E-state index in [2.05, 4.69) is 15.1 Å². The number of hydrogen-bond acceptors (Lipinski definition) is 4. The topological polar surface area (TPSA) is 80.9 Å². The van der Waals surface area contributed by atoms with Crippen LogP contribution in [-0.4, -0.2) is 30.8 Å². The molecule has 3 aromatic rings. The average molecular weight is 391 g/mol. The van der Waals surface area contributed by atoms with E-state index in [1.165, 1.54) is 6.07 Å². The molecule has 0 saturated heterocycles. The Labute approximate surface area is 147 Å². The van der Waals surface area contributed by atoms with Crippen molar-refractivity contribution in [3.8, 4) is 0 Å². The molecule has 2 aromatic heterocycles. The number of carboxylic acid groups (broad SMARTS) is 1. The van der Waals surface area contributed by atoms with Crippen LogP contribution in [0.4, 0.5) is 13.2 Å². The first kappa shape index (κ1) is 17.4. The van der Waals surface area contributed by atoms with E-state index in [9.17, 15) is 23.1 Å². The Balaban J connectivity index is 2.17. The van der Waals surface area contributed by atoms with Gasteiger partial charge < -0.3 is 5.11 Å². The monoisotopic (exact) mass is 390 g/mol. The molecule has 0 saturated carbocycles. The van der Waals surface area contributed by atoms with Crippen molar-refractivity contribution in [2.45, 2.75) is 12.7 Å². The van der Waals surface area contributed by atoms with E-state index in [1.54, 1.807) is 12.1 Å². The number of rotatable bonds is 3. The predicted octanol–water partition coefficient (Wildman–Crippen LogP) is 3.90. The lowest BCUT2D eigenvalue weighted by molar-refractivity contribution is -0.141. The zero-order chi connectivity index (χ0) is 18.4. The van der Waals surface area contributed by atoms with Crippen molar-refractivity contribution >= 4 is 40.3 Å². The standard InChI is InChI=1S/C14H7Cl2F3N4O2/c15-7-2-1-6(8(16)3-7)5-23-12-10(11(22-23)13(24)25)20-4-9(21-12)14(17,18)19/h1-4H,5H2,(H,24,25). The number of benzene rings is 1. The van der Waals surface area contributed by atoms with Gasteiger partial charge in [0.25, 0.3) is 0 Å². The lowest BCUT2D eigenvalue weighted by atomic mass is 10.2. The highest BCUT2D eigenvalue weighted by molar-refractivity contribution is 6.35. The van der Waals surface area contributed by atoms with E-state index < -0.39 is 23.5 Å². The Kier molecular flexibility index (Phi) is 4.29. The molecule has 0 fully saturated rings. The summed E-state index contributed by atoms with van der Waals surface area (Å²) in [6, 6.07) is 4.55. The molecule has 0 radical (unpaired) electrons. The third-order valence-corrected chi connectivity index (χ3v) is 3.86. The summed E-state index contributed by atoms with van der Waals surface area (Å²) in [5, 5.41) is 13.6. The maximum atomic E-state index is 12.9. The van der Waals surface area contributed by atoms with E-state index in [4.69, 9.17) is 23.2 Å². The quantitative estimate of drug-likeness (QED) is 0.733. The molecule has 6 nitrogen and oxygen atoms in total. The molecule has 0 bridgehead atoms. The van der Waals surface area contributed by atoms with Gasteiger partial charge in [0.05, 0.1) is 12.7 Å². The van der Waals surface area contributed by atoms with Gasteiger partial charge in [-0.1, -0.05) is 29.3 Å². The van der Waals surface area contributed by atoms with Gasteiger partial charge in [-0.3, -0.25) is 0 Å². The second-order valence-corrected chi connectivity index (χ2v) is 5.82. The van der Waals surface area contributed by atoms with Crippen LogP contribution in [0.3, 0.4) is 0 Å². The average Bonchev–Trinajstić information content (AvgIpc) is 2.87. The fraction of sp³-hybridized carbons (Fsp3) is 0.143. The van der Waals surface area contributed by atoms with E-state index in [-0.39, 0.29) is 22.7 Å². The normalized spacial score (nSPS) is 11.9. The summed E-state index contributed by atoms with van der Waals surface area (Å²) in [6.07, 6.45) is -4.26. The van der Waals surface area contributed by atoms with Crippen molar-refractivity contribution < 1.29 is 23.1 Å². The summed E-state index contributed by atoms with van der Waals surface area (Å²) in [7, 11) is 0. The predicted molar refractivity (Wildman–Crippen MR) is 82.8 cm³/mol. The van der Waals surface area contributed by atoms with Crippen molar-refractivity contribution in [2.24, 2.45) is 0 Å². The molecule has 0 aliphatic heterocycles. The molecule has 0 spiro atoms. The molecule has 0 unspecified atom stereocenters. The Morgan fingerprint density at radius 2 is 2.00 bits per heavy atom. The van der Waals surface area contributed by atoms with Crippen LogP contribution in [0.25, 0.3) is 11.2 Å². The fourth-order valence-electron chi connectivity index (χ4n) is 2.14. The lowest BCUT2D eigenvalue weighted by Crippen LogP contribution is -2.10. The Hall–Kier alpha value is -2.39. The molecule has 0 atom stereocenters. The number of carboxylic acids is 1. The molecule has 3 rings (SSSR count). The summed E-state index contributed by atoms with van der Waals surface area (Å²) in [6.45, 7) is -0.101. The first-order valence-corrected chi connectivity index (χ1v) is 7.40. The van der Waals surface area contributed by atoms with E-state index in [1.807, 2.05) is 0 Å². The van der Waals surface area contributed by atoms with Gasteiger partial charge in [0, 0.05) is 10.0 Å². The fourth-order valence-corrected chi connectivity index (χ4v) is 2.61. The van der Waals surface area contributed by atoms with Crippen LogP contribution in [0, 0.1) is 0 Å². The summed E-state index contributed by atoms with van der Waals surface area (Å²) in [5.74, 6) is -1.43. The van der Waals surface area contributed by atoms with Crippen LogP contribution < -0.4 is 0 Å². The second kappa shape index (κ2) is 6.16. The maximum absolute atomic E-state index is 12.9. The van der Waals surface area contributed by atoms with Gasteiger partial charge in [0.2, 0.25) is 0 Å². The Bertz CT molecular complexity index is 988. The molecule has 1 aromatic carbocycles. The maximum Gasteiger partial charge on any atom is 0.434 e. The summed E-state index contributed by atoms with van der Waals surface area (Å²) < 4.78 is 39.6. The van der Waals surface area contributed by atoms with Crippen LogP contribution in [0.1, 0.15) is 21.7 Å². The van der Waals surface area contributed by atoms with Gasteiger partial charge in [-0.2, -0.15) is 18.3 Å². The highest BCUT2D eigenvalue weighted by atomic mass is 35.5. The number of halogens is 5. The molecule has 130 valence electrons. The van der Waals surface area contributed by atoms with Crippen molar-refractivity contribution in [3.05, 3.63) is 51.4 Å². The van der Waals surface area contributed by atoms with Crippen LogP contribution in [0.5, 0.6) is 0 Å². The molecular weight excluding hydrogens is 384 g/mol. The highest BCUT2D eigenvalue weighted by Gasteiger charge is 2.34. The molecule has 0 amide bonds. The summed E-state index contributed by atoms with van der Waals surface area (Å²) in [5.41, 5.74) is -1.82. The minimum absolute atomic E-state index is 0.101. The number of hydrogen-bond donors (Lipinski definition) is 1. The third kappa shape index (κ3) is 3.38. The molecule has 11 heteroatoms. The van der Waals surface area contributed by atoms with Crippen LogP contribution >= 0.6 is 23.2 Å². The van der Waals surface area contributed by atoms with Crippen molar-refractivity contribution in [1.82, 2.24) is 19.7 Å². The molecule has 0 aliphatic rings. The molecule has 25 heavy (non-hydrogen) atoms. The van der Waals surface area contributed by atoms with Gasteiger partial charge in [-0.15, -0.1) is 0 Å². The zero-order valence-corrected chi connectivity index (χ0v) is 13.6. The minimum Gasteiger partial charge on any atom is -0.476 e. The second-order valence-electron chi connectivity index (χ2n) is 4.97. The minimum atomic E-state index is -4.72. The van der Waals surface area contributed by atoms with Gasteiger partial charge in [-0.25, -0.2) is 19.4 Å². The smallest absolute Gasteiger partial charge is 0.434 e. The first-order valence-electron chi connectivity index (χ1n) is 6.65. The zero-order valence-electron chi connectivity index (χ0n) is 12.1. The molecule has 2 heterocycles. The molecule has 0 aliphatic carbocycles. The molecule has 1 N–H and O–H groups in total. The van der Waals surface area contributed by atoms with Crippen molar-refractivity contribution in [1.29, 1.82) is 0 Å². The van der Waals surface area contributed by atoms with Gasteiger partial charge in [0.1, 0.15) is 5.52 Å². The van der Waals surface area contributed by atoms with E-state index in [0.717, 1.165) is 4.68 Å². The summed E-state index contributed by atoms with van der Waals surface area (Å²) in [4.78, 5) is 18.3. The lowest BCUT2D eigenvalue weighted by Gasteiger charge is -2.08. The summed E-state index contributed by atoms with van der Waals surface area (Å²) >= 11 is 11.8. The highest BCUT2D eigenvalue weighted by Crippen LogP contribution is 2.29. The number of nitrogens with zero attached hydrogens (tertiary/aromatic N) is 4. The molecular formula is C14H7Cl2F3N4O2. The van der Waals surface area contributed by atoms with Crippen LogP contribution in [0.2, 0.25) is 10.0 Å². The largest absolute Gasteiger partial charge is 0.476 e. The Morgan fingerprint density at radius 1 is 1.28 bits per heavy atom. The number of aromatic nitrogens is 4. The van der Waals surface area contributed by atoms with Gasteiger partial charge in [0.15, 0.2) is 17.0 Å². The van der Waals surface area contributed by atoms with Crippen molar-refractivity contribution in [2.75, 3.05) is 0 Å². The van der Waals surface area contributed by atoms with Crippen molar-refractivity contribution in [3.63, 3.8) is 0 Å². The van der Waals surface area contributed by atoms with Gasteiger partial charge >= 0.3 is 12.1 Å². The number of aromatic carboxylic acids is 1. The van der Waals surface area contributed by atoms with E-state index >= 15 is 0 Å². The number of fused-ring (bicyclic) bond motifs is 1. The Morgan fingerprint density at radius 3 is 2.60 bits per heavy atom. The first-order chi connectivity index (χ1) is 11.7. The van der Waals surface area contributed by atoms with Gasteiger partial charge in [-0.05, 0) is 17.7 Å². The number of alkyl halides is 3. The SMILES string of the molecule is O=C(O)c1nn(Cc2ccc(Cl)cc2Cl)c2nc(C(F)(F)F)cnc12. The van der Waals surface area contributed by atoms with Crippen LogP contribution in [-0.2, 0) is 12.7 Å². The van der Waals surface area contributed by atoms with E-state index in [0.29, 0.717) is 16.8 Å². The third-order valence-electron chi connectivity index (χ3n) is 3.27. The van der Waals surface area contributed by atoms with Crippen LogP contribution in [0.15, 0.2) is 24.4 Å². The number of carbonyl (C=O) groups is 1.